The van der Waals surface area contributed by atoms with E-state index in [-0.39, 0.29) is 5.78 Å². The highest BCUT2D eigenvalue weighted by Gasteiger charge is 2.31. The fraction of sp³-hybridized carbons (Fsp3) is 0.314. The minimum Gasteiger partial charge on any atom is -0.494 e. The molecule has 0 radical (unpaired) electrons. The van der Waals surface area contributed by atoms with E-state index in [0.717, 1.165) is 65.5 Å². The summed E-state index contributed by atoms with van der Waals surface area (Å²) in [7, 11) is 0. The fourth-order valence-corrected chi connectivity index (χ4v) is 5.93. The van der Waals surface area contributed by atoms with Gasteiger partial charge in [0.25, 0.3) is 0 Å². The Kier molecular flexibility index (Phi) is 7.39. The van der Waals surface area contributed by atoms with Crippen LogP contribution in [0.15, 0.2) is 72.8 Å². The predicted molar refractivity (Wildman–Crippen MR) is 162 cm³/mol. The summed E-state index contributed by atoms with van der Waals surface area (Å²) in [4.78, 5) is 14.3. The standard InChI is InChI=1S/C35H37N3O3/c1-5-40-27-17-15-26(16-18-27)34(39)33-32(25-11-7-6-8-12-25)29-13-9-10-20-37-31(36-38(33)35(29)37)22-41-30-21-24(4)14-19-28(30)23(2)3/h6-8,11-12,14-19,21,23H,5,9-10,13,20,22H2,1-4H3. The zero-order chi connectivity index (χ0) is 28.5. The third-order valence-corrected chi connectivity index (χ3v) is 7.91. The molecule has 0 spiro atoms. The van der Waals surface area contributed by atoms with Crippen molar-refractivity contribution in [1.82, 2.24) is 14.2 Å². The quantitative estimate of drug-likeness (QED) is 0.177. The Labute approximate surface area is 241 Å². The zero-order valence-electron chi connectivity index (χ0n) is 24.3. The SMILES string of the molecule is CCOc1ccc(C(=O)c2c(-c3ccccc3)c3c4n(c(COc5cc(C)ccc5C(C)C)nn24)CCCC3)cc1. The van der Waals surface area contributed by atoms with Crippen LogP contribution in [0.3, 0.4) is 0 Å². The van der Waals surface area contributed by atoms with E-state index in [1.54, 1.807) is 0 Å². The minimum absolute atomic E-state index is 0.0494. The van der Waals surface area contributed by atoms with E-state index in [1.807, 2.05) is 53.9 Å². The van der Waals surface area contributed by atoms with Gasteiger partial charge in [0.15, 0.2) is 5.82 Å². The number of aryl methyl sites for hydroxylation is 3. The van der Waals surface area contributed by atoms with E-state index >= 15 is 0 Å². The molecule has 5 aromatic rings. The lowest BCUT2D eigenvalue weighted by Crippen LogP contribution is -2.10. The molecule has 0 saturated carbocycles. The maximum Gasteiger partial charge on any atom is 0.212 e. The first-order chi connectivity index (χ1) is 20.0. The van der Waals surface area contributed by atoms with Gasteiger partial charge in [0.2, 0.25) is 5.78 Å². The average molecular weight is 548 g/mol. The number of carbonyl (C=O) groups is 1. The Morgan fingerprint density at radius 1 is 0.976 bits per heavy atom. The van der Waals surface area contributed by atoms with Gasteiger partial charge in [0.05, 0.1) is 6.61 Å². The summed E-state index contributed by atoms with van der Waals surface area (Å²) in [6.45, 7) is 10.2. The van der Waals surface area contributed by atoms with Crippen molar-refractivity contribution in [3.05, 3.63) is 107 Å². The lowest BCUT2D eigenvalue weighted by atomic mass is 9.95. The molecule has 1 aliphatic heterocycles. The van der Waals surface area contributed by atoms with E-state index in [1.165, 1.54) is 11.1 Å². The maximum absolute atomic E-state index is 14.3. The Hall–Kier alpha value is -4.32. The van der Waals surface area contributed by atoms with Crippen LogP contribution in [0.5, 0.6) is 11.5 Å². The number of nitrogens with zero attached hydrogens (tertiary/aromatic N) is 3. The summed E-state index contributed by atoms with van der Waals surface area (Å²) in [6.07, 6.45) is 2.99. The summed E-state index contributed by atoms with van der Waals surface area (Å²) >= 11 is 0. The molecule has 2 aromatic heterocycles. The van der Waals surface area contributed by atoms with E-state index in [2.05, 4.69) is 55.7 Å². The van der Waals surface area contributed by atoms with Gasteiger partial charge in [-0.2, -0.15) is 0 Å². The largest absolute Gasteiger partial charge is 0.494 e. The lowest BCUT2D eigenvalue weighted by molar-refractivity contribution is 0.103. The minimum atomic E-state index is -0.0494. The van der Waals surface area contributed by atoms with E-state index < -0.39 is 0 Å². The van der Waals surface area contributed by atoms with Crippen molar-refractivity contribution in [1.29, 1.82) is 0 Å². The molecular formula is C35H37N3O3. The second-order valence-corrected chi connectivity index (χ2v) is 11.1. The smallest absolute Gasteiger partial charge is 0.212 e. The van der Waals surface area contributed by atoms with Gasteiger partial charge in [0, 0.05) is 23.2 Å². The van der Waals surface area contributed by atoms with Gasteiger partial charge >= 0.3 is 0 Å². The van der Waals surface area contributed by atoms with Gasteiger partial charge in [-0.15, -0.1) is 5.10 Å². The maximum atomic E-state index is 14.3. The number of hydrogen-bond donors (Lipinski definition) is 0. The molecule has 0 fully saturated rings. The first-order valence-corrected chi connectivity index (χ1v) is 14.7. The molecule has 0 N–H and O–H groups in total. The van der Waals surface area contributed by atoms with Gasteiger partial charge in [0.1, 0.15) is 29.4 Å². The van der Waals surface area contributed by atoms with Crippen molar-refractivity contribution in [2.24, 2.45) is 0 Å². The number of benzene rings is 3. The first-order valence-electron chi connectivity index (χ1n) is 14.7. The van der Waals surface area contributed by atoms with Crippen molar-refractivity contribution < 1.29 is 14.3 Å². The molecule has 41 heavy (non-hydrogen) atoms. The summed E-state index contributed by atoms with van der Waals surface area (Å²) in [5.41, 5.74) is 7.77. The van der Waals surface area contributed by atoms with Crippen LogP contribution in [-0.2, 0) is 19.6 Å². The van der Waals surface area contributed by atoms with Crippen molar-refractivity contribution in [3.8, 4) is 22.6 Å². The number of aromatic nitrogens is 3. The van der Waals surface area contributed by atoms with Crippen LogP contribution in [0.25, 0.3) is 16.8 Å². The van der Waals surface area contributed by atoms with Gasteiger partial charge in [-0.25, -0.2) is 4.52 Å². The molecule has 1 aliphatic rings. The Balaban J connectivity index is 1.49. The number of ether oxygens (including phenoxy) is 2. The van der Waals surface area contributed by atoms with Crippen LogP contribution in [0, 0.1) is 6.92 Å². The van der Waals surface area contributed by atoms with Crippen molar-refractivity contribution >= 4 is 11.4 Å². The number of carbonyl (C=O) groups excluding carboxylic acids is 1. The Bertz CT molecular complexity index is 1690. The Morgan fingerprint density at radius 3 is 2.49 bits per heavy atom. The second-order valence-electron chi connectivity index (χ2n) is 11.1. The highest BCUT2D eigenvalue weighted by atomic mass is 16.5. The van der Waals surface area contributed by atoms with E-state index in [4.69, 9.17) is 14.6 Å². The molecule has 6 heteroatoms. The normalized spacial score (nSPS) is 13.0. The fourth-order valence-electron chi connectivity index (χ4n) is 5.93. The zero-order valence-corrected chi connectivity index (χ0v) is 24.3. The third kappa shape index (κ3) is 5.03. The second kappa shape index (κ2) is 11.3. The third-order valence-electron chi connectivity index (χ3n) is 7.91. The van der Waals surface area contributed by atoms with Crippen LogP contribution in [0.1, 0.15) is 78.1 Å². The van der Waals surface area contributed by atoms with Crippen LogP contribution in [0.4, 0.5) is 0 Å². The highest BCUT2D eigenvalue weighted by molar-refractivity contribution is 6.13. The number of ketones is 1. The van der Waals surface area contributed by atoms with Gasteiger partial charge < -0.3 is 14.0 Å². The first kappa shape index (κ1) is 26.9. The molecule has 210 valence electrons. The van der Waals surface area contributed by atoms with Gasteiger partial charge in [-0.3, -0.25) is 4.79 Å². The molecule has 0 bridgehead atoms. The van der Waals surface area contributed by atoms with Crippen LogP contribution in [0.2, 0.25) is 0 Å². The number of rotatable bonds is 9. The van der Waals surface area contributed by atoms with Gasteiger partial charge in [-0.05, 0) is 86.1 Å². The molecule has 0 saturated heterocycles. The lowest BCUT2D eigenvalue weighted by Gasteiger charge is -2.15. The molecule has 3 aromatic carbocycles. The summed E-state index contributed by atoms with van der Waals surface area (Å²) in [5.74, 6) is 2.78. The molecule has 6 rings (SSSR count). The molecule has 0 atom stereocenters. The molecular weight excluding hydrogens is 510 g/mol. The number of hydrogen-bond acceptors (Lipinski definition) is 4. The molecule has 0 amide bonds. The van der Waals surface area contributed by atoms with Gasteiger partial charge in [-0.1, -0.05) is 56.3 Å². The monoisotopic (exact) mass is 547 g/mol. The van der Waals surface area contributed by atoms with Crippen LogP contribution >= 0.6 is 0 Å². The highest BCUT2D eigenvalue weighted by Crippen LogP contribution is 2.38. The molecule has 0 unspecified atom stereocenters. The Morgan fingerprint density at radius 2 is 1.76 bits per heavy atom. The van der Waals surface area contributed by atoms with Crippen molar-refractivity contribution in [2.45, 2.75) is 66.0 Å². The van der Waals surface area contributed by atoms with Crippen LogP contribution < -0.4 is 9.47 Å². The van der Waals surface area contributed by atoms with Crippen molar-refractivity contribution in [3.63, 3.8) is 0 Å². The summed E-state index contributed by atoms with van der Waals surface area (Å²) in [5, 5.41) is 5.09. The topological polar surface area (TPSA) is 57.8 Å². The average Bonchev–Trinajstić information content (AvgIpc) is 3.38. The summed E-state index contributed by atoms with van der Waals surface area (Å²) < 4.78 is 16.2. The molecule has 3 heterocycles. The van der Waals surface area contributed by atoms with E-state index in [0.29, 0.717) is 30.4 Å². The van der Waals surface area contributed by atoms with Crippen molar-refractivity contribution in [2.75, 3.05) is 6.61 Å². The van der Waals surface area contributed by atoms with E-state index in [9.17, 15) is 4.79 Å². The molecule has 0 aliphatic carbocycles. The molecule has 6 nitrogen and oxygen atoms in total. The van der Waals surface area contributed by atoms with Crippen LogP contribution in [-0.4, -0.2) is 26.6 Å². The summed E-state index contributed by atoms with van der Waals surface area (Å²) in [6, 6.07) is 24.0. The predicted octanol–water partition coefficient (Wildman–Crippen LogP) is 7.78.